The third kappa shape index (κ3) is 6.73. The van der Waals surface area contributed by atoms with Gasteiger partial charge in [0.25, 0.3) is 0 Å². The van der Waals surface area contributed by atoms with Crippen LogP contribution in [0.5, 0.6) is 5.75 Å². The molecule has 0 radical (unpaired) electrons. The number of aryl methyl sites for hydroxylation is 1. The number of fused-ring (bicyclic) bond motifs is 1. The first-order valence-corrected chi connectivity index (χ1v) is 13.6. The predicted molar refractivity (Wildman–Crippen MR) is 134 cm³/mol. The van der Waals surface area contributed by atoms with Crippen molar-refractivity contribution in [1.82, 2.24) is 15.0 Å². The van der Waals surface area contributed by atoms with Gasteiger partial charge in [-0.1, -0.05) is 17.7 Å². The Hall–Kier alpha value is -2.06. The van der Waals surface area contributed by atoms with Gasteiger partial charge in [-0.2, -0.15) is 0 Å². The zero-order valence-corrected chi connectivity index (χ0v) is 20.4. The Labute approximate surface area is 201 Å². The minimum atomic E-state index is -3.59. The summed E-state index contributed by atoms with van der Waals surface area (Å²) in [5.41, 5.74) is 2.16. The molecule has 2 heterocycles. The van der Waals surface area contributed by atoms with Crippen molar-refractivity contribution in [3.63, 3.8) is 0 Å². The second kappa shape index (κ2) is 11.4. The second-order valence-corrected chi connectivity index (χ2v) is 10.9. The van der Waals surface area contributed by atoms with Crippen molar-refractivity contribution in [2.24, 2.45) is 5.92 Å². The first kappa shape index (κ1) is 24.1. The number of rotatable bonds is 11. The number of H-pyrrole nitrogens is 1. The van der Waals surface area contributed by atoms with E-state index in [1.165, 1.54) is 12.8 Å². The van der Waals surface area contributed by atoms with Gasteiger partial charge < -0.3 is 15.0 Å². The van der Waals surface area contributed by atoms with E-state index in [1.807, 2.05) is 30.5 Å². The highest BCUT2D eigenvalue weighted by Crippen LogP contribution is 2.24. The number of ether oxygens (including phenoxy) is 1. The minimum Gasteiger partial charge on any atom is -0.494 e. The number of piperidine rings is 1. The average molecular weight is 490 g/mol. The number of halogens is 1. The molecule has 1 saturated heterocycles. The van der Waals surface area contributed by atoms with Crippen LogP contribution in [0.2, 0.25) is 5.02 Å². The fourth-order valence-corrected chi connectivity index (χ4v) is 5.67. The lowest BCUT2D eigenvalue weighted by molar-refractivity contribution is 0.273. The number of benzene rings is 2. The normalized spacial score (nSPS) is 15.2. The highest BCUT2D eigenvalue weighted by Gasteiger charge is 2.15. The molecule has 0 unspecified atom stereocenters. The van der Waals surface area contributed by atoms with E-state index in [0.717, 1.165) is 54.7 Å². The molecule has 0 spiro atoms. The smallest absolute Gasteiger partial charge is 0.240 e. The van der Waals surface area contributed by atoms with Crippen LogP contribution < -0.4 is 14.8 Å². The Kier molecular flexibility index (Phi) is 8.30. The summed E-state index contributed by atoms with van der Waals surface area (Å²) in [6.45, 7) is 3.18. The highest BCUT2D eigenvalue weighted by molar-refractivity contribution is 7.89. The zero-order chi connectivity index (χ0) is 23.1. The van der Waals surface area contributed by atoms with Crippen LogP contribution in [0.3, 0.4) is 0 Å². The van der Waals surface area contributed by atoms with Gasteiger partial charge in [0.2, 0.25) is 10.0 Å². The summed E-state index contributed by atoms with van der Waals surface area (Å²) in [7, 11) is -3.59. The maximum absolute atomic E-state index is 12.7. The van der Waals surface area contributed by atoms with Gasteiger partial charge in [-0.05, 0) is 93.4 Å². The van der Waals surface area contributed by atoms with Gasteiger partial charge in [-0.15, -0.1) is 0 Å². The highest BCUT2D eigenvalue weighted by atomic mass is 35.5. The van der Waals surface area contributed by atoms with E-state index < -0.39 is 10.0 Å². The molecule has 1 aromatic heterocycles. The van der Waals surface area contributed by atoms with E-state index in [-0.39, 0.29) is 4.90 Å². The van der Waals surface area contributed by atoms with Crippen molar-refractivity contribution >= 4 is 32.5 Å². The lowest BCUT2D eigenvalue weighted by Gasteiger charge is -2.22. The van der Waals surface area contributed by atoms with Crippen LogP contribution in [0.25, 0.3) is 10.9 Å². The van der Waals surface area contributed by atoms with Crippen LogP contribution in [0.4, 0.5) is 0 Å². The molecule has 4 rings (SSSR count). The predicted octanol–water partition coefficient (Wildman–Crippen LogP) is 4.89. The van der Waals surface area contributed by atoms with Crippen molar-refractivity contribution in [3.05, 3.63) is 59.2 Å². The van der Waals surface area contributed by atoms with Crippen LogP contribution >= 0.6 is 11.6 Å². The molecular weight excluding hydrogens is 458 g/mol. The summed E-state index contributed by atoms with van der Waals surface area (Å²) in [6, 6.07) is 12.5. The molecule has 0 bridgehead atoms. The van der Waals surface area contributed by atoms with Gasteiger partial charge in [0, 0.05) is 34.7 Å². The molecular formula is C25H32ClN3O3S. The molecule has 0 atom stereocenters. The zero-order valence-electron chi connectivity index (χ0n) is 18.8. The summed E-state index contributed by atoms with van der Waals surface area (Å²) in [5, 5.41) is 5.16. The number of aromatic amines is 1. The Morgan fingerprint density at radius 3 is 2.79 bits per heavy atom. The van der Waals surface area contributed by atoms with E-state index in [4.69, 9.17) is 16.3 Å². The van der Waals surface area contributed by atoms with Crippen LogP contribution in [0.1, 0.15) is 37.7 Å². The maximum Gasteiger partial charge on any atom is 0.240 e. The maximum atomic E-state index is 12.7. The number of sulfonamides is 1. The molecule has 178 valence electrons. The van der Waals surface area contributed by atoms with Gasteiger partial charge in [0.15, 0.2) is 0 Å². The SMILES string of the molecule is O=S(=O)(NCCCc1c[nH]c2ccc(Cl)cc12)c1cccc(OCCCC2CCNCC2)c1. The molecule has 0 saturated carbocycles. The molecule has 8 heteroatoms. The van der Waals surface area contributed by atoms with Crippen LogP contribution in [-0.2, 0) is 16.4 Å². The van der Waals surface area contributed by atoms with Crippen molar-refractivity contribution in [2.45, 2.75) is 43.4 Å². The van der Waals surface area contributed by atoms with Crippen LogP contribution in [0, 0.1) is 5.92 Å². The summed E-state index contributed by atoms with van der Waals surface area (Å²) in [4.78, 5) is 3.46. The van der Waals surface area contributed by atoms with Crippen molar-refractivity contribution in [3.8, 4) is 5.75 Å². The molecule has 1 fully saturated rings. The van der Waals surface area contributed by atoms with Gasteiger partial charge in [-0.3, -0.25) is 0 Å². The third-order valence-electron chi connectivity index (χ3n) is 6.24. The van der Waals surface area contributed by atoms with Gasteiger partial charge >= 0.3 is 0 Å². The monoisotopic (exact) mass is 489 g/mol. The molecule has 0 amide bonds. The molecule has 3 N–H and O–H groups in total. The Morgan fingerprint density at radius 2 is 1.94 bits per heavy atom. The molecule has 0 aliphatic carbocycles. The number of aromatic nitrogens is 1. The third-order valence-corrected chi connectivity index (χ3v) is 7.94. The Morgan fingerprint density at radius 1 is 1.09 bits per heavy atom. The van der Waals surface area contributed by atoms with Crippen LogP contribution in [0.15, 0.2) is 53.6 Å². The van der Waals surface area contributed by atoms with Gasteiger partial charge in [-0.25, -0.2) is 13.1 Å². The van der Waals surface area contributed by atoms with Crippen molar-refractivity contribution < 1.29 is 13.2 Å². The fraction of sp³-hybridized carbons (Fsp3) is 0.440. The largest absolute Gasteiger partial charge is 0.494 e. The number of hydrogen-bond donors (Lipinski definition) is 3. The standard InChI is InChI=1S/C25H32ClN3O3S/c26-21-8-9-25-24(16-21)20(18-28-25)5-2-12-29-33(30,31)23-7-1-6-22(17-23)32-15-3-4-19-10-13-27-14-11-19/h1,6-9,16-19,27-29H,2-5,10-15H2. The molecule has 33 heavy (non-hydrogen) atoms. The summed E-state index contributed by atoms with van der Waals surface area (Å²) in [6.07, 6.45) is 8.00. The quantitative estimate of drug-likeness (QED) is 0.335. The molecule has 1 aliphatic heterocycles. The first-order chi connectivity index (χ1) is 16.0. The Balaban J connectivity index is 1.24. The molecule has 3 aromatic rings. The lowest BCUT2D eigenvalue weighted by atomic mass is 9.93. The van der Waals surface area contributed by atoms with E-state index in [1.54, 1.807) is 18.2 Å². The fourth-order valence-electron chi connectivity index (χ4n) is 4.39. The number of nitrogens with one attached hydrogen (secondary N) is 3. The topological polar surface area (TPSA) is 83.2 Å². The summed E-state index contributed by atoms with van der Waals surface area (Å²) in [5.74, 6) is 1.37. The molecule has 1 aliphatic rings. The van der Waals surface area contributed by atoms with Crippen molar-refractivity contribution in [2.75, 3.05) is 26.2 Å². The van der Waals surface area contributed by atoms with Crippen LogP contribution in [-0.4, -0.2) is 39.6 Å². The van der Waals surface area contributed by atoms with Gasteiger partial charge in [0.1, 0.15) is 5.75 Å². The molecule has 2 aromatic carbocycles. The van der Waals surface area contributed by atoms with E-state index >= 15 is 0 Å². The van der Waals surface area contributed by atoms with E-state index in [0.29, 0.717) is 30.3 Å². The van der Waals surface area contributed by atoms with E-state index in [2.05, 4.69) is 15.0 Å². The van der Waals surface area contributed by atoms with E-state index in [9.17, 15) is 8.42 Å². The first-order valence-electron chi connectivity index (χ1n) is 11.7. The second-order valence-electron chi connectivity index (χ2n) is 8.66. The summed E-state index contributed by atoms with van der Waals surface area (Å²) >= 11 is 6.11. The lowest BCUT2D eigenvalue weighted by Crippen LogP contribution is -2.27. The van der Waals surface area contributed by atoms with Gasteiger partial charge in [0.05, 0.1) is 11.5 Å². The minimum absolute atomic E-state index is 0.234. The number of hydrogen-bond acceptors (Lipinski definition) is 4. The van der Waals surface area contributed by atoms with Crippen molar-refractivity contribution in [1.29, 1.82) is 0 Å². The summed E-state index contributed by atoms with van der Waals surface area (Å²) < 4.78 is 34.0. The average Bonchev–Trinajstić information content (AvgIpc) is 3.22. The Bertz CT molecular complexity index is 1160. The molecule has 6 nitrogen and oxygen atoms in total.